The average molecular weight is 387 g/mol. The molecule has 0 spiro atoms. The van der Waals surface area contributed by atoms with Crippen molar-refractivity contribution in [2.45, 2.75) is 0 Å². The van der Waals surface area contributed by atoms with Gasteiger partial charge in [-0.15, -0.1) is 0 Å². The number of hydrogen-bond acceptors (Lipinski definition) is 2. The van der Waals surface area contributed by atoms with Crippen LogP contribution < -0.4 is 0 Å². The Morgan fingerprint density at radius 1 is 0.480 bits per heavy atom. The molecule has 3 aromatic carbocycles. The van der Waals surface area contributed by atoms with Gasteiger partial charge in [-0.25, -0.2) is 9.97 Å². The Kier molecular flexibility index (Phi) is 4.40. The number of hydrogen-bond donors (Lipinski definition) is 0. The van der Waals surface area contributed by atoms with Crippen LogP contribution in [0.3, 0.4) is 0 Å². The Morgan fingerprint density at radius 3 is 1.44 bits per heavy atom. The van der Waals surface area contributed by atoms with Crippen LogP contribution in [0.1, 0.15) is 0 Å². The molecule has 0 aliphatic heterocycles. The van der Waals surface area contributed by atoms with E-state index in [-0.39, 0.29) is 0 Å². The molecule has 0 saturated heterocycles. The van der Waals surface area contributed by atoms with Crippen LogP contribution in [0.5, 0.6) is 0 Å². The molecule has 25 heavy (non-hydrogen) atoms. The molecule has 0 N–H and O–H groups in total. The van der Waals surface area contributed by atoms with Crippen molar-refractivity contribution in [3.05, 3.63) is 95.7 Å². The lowest BCUT2D eigenvalue weighted by Crippen LogP contribution is -1.92. The SMILES string of the molecule is Brc1nc(-c2ccccc2)cc(-c2ccc(-c3ccccc3)cc2)n1. The summed E-state index contributed by atoms with van der Waals surface area (Å²) in [5.41, 5.74) is 6.36. The van der Waals surface area contributed by atoms with Crippen molar-refractivity contribution in [2.24, 2.45) is 0 Å². The highest BCUT2D eigenvalue weighted by atomic mass is 79.9. The Bertz CT molecular complexity index is 981. The largest absolute Gasteiger partial charge is 0.222 e. The number of halogens is 1. The first kappa shape index (κ1) is 15.7. The quantitative estimate of drug-likeness (QED) is 0.389. The minimum atomic E-state index is 0.594. The van der Waals surface area contributed by atoms with Gasteiger partial charge in [0.2, 0.25) is 0 Å². The summed E-state index contributed by atoms with van der Waals surface area (Å²) < 4.78 is 0.594. The molecule has 0 aliphatic rings. The lowest BCUT2D eigenvalue weighted by Gasteiger charge is -2.07. The molecule has 120 valence electrons. The van der Waals surface area contributed by atoms with Gasteiger partial charge in [-0.3, -0.25) is 0 Å². The average Bonchev–Trinajstić information content (AvgIpc) is 2.69. The number of aromatic nitrogens is 2. The topological polar surface area (TPSA) is 25.8 Å². The summed E-state index contributed by atoms with van der Waals surface area (Å²) in [5.74, 6) is 0. The van der Waals surface area contributed by atoms with E-state index in [1.165, 1.54) is 11.1 Å². The molecule has 0 amide bonds. The monoisotopic (exact) mass is 386 g/mol. The second kappa shape index (κ2) is 6.99. The summed E-state index contributed by atoms with van der Waals surface area (Å²) in [4.78, 5) is 9.04. The van der Waals surface area contributed by atoms with Crippen LogP contribution >= 0.6 is 15.9 Å². The van der Waals surface area contributed by atoms with Crippen molar-refractivity contribution < 1.29 is 0 Å². The molecule has 3 heteroatoms. The molecule has 0 saturated carbocycles. The molecule has 2 nitrogen and oxygen atoms in total. The molecular weight excluding hydrogens is 372 g/mol. The zero-order chi connectivity index (χ0) is 17.1. The fourth-order valence-corrected chi connectivity index (χ4v) is 3.17. The molecule has 0 bridgehead atoms. The molecule has 0 fully saturated rings. The predicted octanol–water partition coefficient (Wildman–Crippen LogP) is 6.24. The van der Waals surface area contributed by atoms with Crippen molar-refractivity contribution in [3.63, 3.8) is 0 Å². The standard InChI is InChI=1S/C22H15BrN2/c23-22-24-20(18-9-5-2-6-10-18)15-21(25-22)19-13-11-17(12-14-19)16-7-3-1-4-8-16/h1-15H. The van der Waals surface area contributed by atoms with E-state index in [2.05, 4.69) is 86.6 Å². The van der Waals surface area contributed by atoms with Crippen molar-refractivity contribution in [1.29, 1.82) is 0 Å². The van der Waals surface area contributed by atoms with Gasteiger partial charge >= 0.3 is 0 Å². The van der Waals surface area contributed by atoms with Crippen molar-refractivity contribution in [1.82, 2.24) is 9.97 Å². The van der Waals surface area contributed by atoms with Gasteiger partial charge in [0.1, 0.15) is 0 Å². The van der Waals surface area contributed by atoms with Crippen LogP contribution in [-0.4, -0.2) is 9.97 Å². The highest BCUT2D eigenvalue weighted by Gasteiger charge is 2.07. The van der Waals surface area contributed by atoms with Gasteiger partial charge in [0.15, 0.2) is 4.73 Å². The van der Waals surface area contributed by atoms with E-state index in [0.29, 0.717) is 4.73 Å². The molecule has 1 heterocycles. The summed E-state index contributed by atoms with van der Waals surface area (Å²) in [5, 5.41) is 0. The van der Waals surface area contributed by atoms with E-state index in [1.54, 1.807) is 0 Å². The maximum atomic E-state index is 4.54. The Labute approximate surface area is 155 Å². The fraction of sp³-hybridized carbons (Fsp3) is 0. The van der Waals surface area contributed by atoms with Gasteiger partial charge in [-0.2, -0.15) is 0 Å². The minimum Gasteiger partial charge on any atom is -0.222 e. The molecule has 1 aromatic heterocycles. The summed E-state index contributed by atoms with van der Waals surface area (Å²) in [6.45, 7) is 0. The first-order valence-corrected chi connectivity index (χ1v) is 8.85. The molecular formula is C22H15BrN2. The first-order chi connectivity index (χ1) is 12.3. The number of rotatable bonds is 3. The molecule has 4 aromatic rings. The summed E-state index contributed by atoms with van der Waals surface area (Å²) >= 11 is 3.44. The normalized spacial score (nSPS) is 10.6. The van der Waals surface area contributed by atoms with E-state index in [9.17, 15) is 0 Å². The zero-order valence-electron chi connectivity index (χ0n) is 13.4. The lowest BCUT2D eigenvalue weighted by atomic mass is 10.0. The third-order valence-electron chi connectivity index (χ3n) is 4.06. The summed E-state index contributed by atoms with van der Waals surface area (Å²) in [6.07, 6.45) is 0. The van der Waals surface area contributed by atoms with Gasteiger partial charge in [-0.05, 0) is 33.1 Å². The fourth-order valence-electron chi connectivity index (χ4n) is 2.79. The van der Waals surface area contributed by atoms with Crippen LogP contribution in [0, 0.1) is 0 Å². The Balaban J connectivity index is 1.71. The van der Waals surface area contributed by atoms with Gasteiger partial charge in [-0.1, -0.05) is 84.9 Å². The lowest BCUT2D eigenvalue weighted by molar-refractivity contribution is 1.12. The van der Waals surface area contributed by atoms with Crippen LogP contribution in [0.2, 0.25) is 0 Å². The molecule has 4 rings (SSSR count). The third-order valence-corrected chi connectivity index (χ3v) is 4.41. The van der Waals surface area contributed by atoms with Crippen molar-refractivity contribution in [2.75, 3.05) is 0 Å². The van der Waals surface area contributed by atoms with Crippen LogP contribution in [0.4, 0.5) is 0 Å². The van der Waals surface area contributed by atoms with E-state index in [0.717, 1.165) is 22.5 Å². The van der Waals surface area contributed by atoms with E-state index < -0.39 is 0 Å². The maximum absolute atomic E-state index is 4.54. The maximum Gasteiger partial charge on any atom is 0.197 e. The molecule has 0 aliphatic carbocycles. The highest BCUT2D eigenvalue weighted by Crippen LogP contribution is 2.27. The first-order valence-electron chi connectivity index (χ1n) is 8.05. The third kappa shape index (κ3) is 3.52. The predicted molar refractivity (Wildman–Crippen MR) is 106 cm³/mol. The zero-order valence-corrected chi connectivity index (χ0v) is 15.0. The second-order valence-corrected chi connectivity index (χ2v) is 6.43. The summed E-state index contributed by atoms with van der Waals surface area (Å²) in [6, 6.07) is 31.0. The second-order valence-electron chi connectivity index (χ2n) is 5.72. The molecule has 0 radical (unpaired) electrons. The Morgan fingerprint density at radius 2 is 0.880 bits per heavy atom. The smallest absolute Gasteiger partial charge is 0.197 e. The summed E-state index contributed by atoms with van der Waals surface area (Å²) in [7, 11) is 0. The van der Waals surface area contributed by atoms with Crippen LogP contribution in [0.15, 0.2) is 95.7 Å². The molecule has 0 atom stereocenters. The van der Waals surface area contributed by atoms with Gasteiger partial charge in [0, 0.05) is 11.1 Å². The van der Waals surface area contributed by atoms with E-state index in [4.69, 9.17) is 0 Å². The highest BCUT2D eigenvalue weighted by molar-refractivity contribution is 9.10. The number of nitrogens with zero attached hydrogens (tertiary/aromatic N) is 2. The van der Waals surface area contributed by atoms with Crippen LogP contribution in [-0.2, 0) is 0 Å². The van der Waals surface area contributed by atoms with Crippen LogP contribution in [0.25, 0.3) is 33.6 Å². The van der Waals surface area contributed by atoms with E-state index >= 15 is 0 Å². The minimum absolute atomic E-state index is 0.594. The van der Waals surface area contributed by atoms with Gasteiger partial charge < -0.3 is 0 Å². The number of benzene rings is 3. The Hall–Kier alpha value is -2.78. The molecule has 0 unspecified atom stereocenters. The van der Waals surface area contributed by atoms with Gasteiger partial charge in [0.25, 0.3) is 0 Å². The van der Waals surface area contributed by atoms with Gasteiger partial charge in [0.05, 0.1) is 11.4 Å². The van der Waals surface area contributed by atoms with Crippen molar-refractivity contribution in [3.8, 4) is 33.6 Å². The van der Waals surface area contributed by atoms with Crippen molar-refractivity contribution >= 4 is 15.9 Å². The van der Waals surface area contributed by atoms with E-state index in [1.807, 2.05) is 30.3 Å².